The number of halogens is 2. The van der Waals surface area contributed by atoms with Crippen LogP contribution in [0.25, 0.3) is 0 Å². The van der Waals surface area contributed by atoms with Crippen LogP contribution in [0.1, 0.15) is 18.4 Å². The van der Waals surface area contributed by atoms with Crippen LogP contribution in [0.5, 0.6) is 0 Å². The standard InChI is InChI=1S/C12H15Cl2NO/c13-11-4-3-9(6-12(11)14)7-15-5-1-2-10(16)8-15/h3-4,6,10,16H,1-2,5,7-8H2/p+1/t10-/m1/s1. The second-order valence-corrected chi connectivity index (χ2v) is 5.24. The molecule has 2 atom stereocenters. The summed E-state index contributed by atoms with van der Waals surface area (Å²) in [7, 11) is 0. The van der Waals surface area contributed by atoms with Gasteiger partial charge in [-0.2, -0.15) is 0 Å². The molecule has 4 heteroatoms. The molecule has 1 aliphatic heterocycles. The van der Waals surface area contributed by atoms with Crippen LogP contribution in [-0.2, 0) is 6.54 Å². The van der Waals surface area contributed by atoms with Gasteiger partial charge in [0.2, 0.25) is 0 Å². The first kappa shape index (κ1) is 12.2. The molecule has 88 valence electrons. The van der Waals surface area contributed by atoms with Gasteiger partial charge < -0.3 is 10.0 Å². The number of aliphatic hydroxyl groups excluding tert-OH is 1. The third-order valence-corrected chi connectivity index (χ3v) is 3.77. The van der Waals surface area contributed by atoms with Crippen LogP contribution in [0.15, 0.2) is 18.2 Å². The molecule has 1 unspecified atom stereocenters. The molecule has 1 fully saturated rings. The fourth-order valence-electron chi connectivity index (χ4n) is 2.22. The molecule has 0 saturated carbocycles. The predicted molar refractivity (Wildman–Crippen MR) is 66.1 cm³/mol. The maximum absolute atomic E-state index is 9.59. The monoisotopic (exact) mass is 260 g/mol. The Morgan fingerprint density at radius 1 is 1.31 bits per heavy atom. The molecule has 0 amide bonds. The predicted octanol–water partition coefficient (Wildman–Crippen LogP) is 1.53. The Hall–Kier alpha value is -0.280. The highest BCUT2D eigenvalue weighted by Crippen LogP contribution is 2.22. The van der Waals surface area contributed by atoms with Crippen molar-refractivity contribution in [2.75, 3.05) is 13.1 Å². The molecule has 1 aromatic rings. The van der Waals surface area contributed by atoms with Crippen molar-refractivity contribution in [1.29, 1.82) is 0 Å². The molecule has 1 heterocycles. The molecule has 2 N–H and O–H groups in total. The molecular formula is C12H16Cl2NO+. The second kappa shape index (κ2) is 5.37. The van der Waals surface area contributed by atoms with E-state index >= 15 is 0 Å². The van der Waals surface area contributed by atoms with Crippen LogP contribution in [-0.4, -0.2) is 24.3 Å². The zero-order valence-corrected chi connectivity index (χ0v) is 10.6. The van der Waals surface area contributed by atoms with Crippen LogP contribution >= 0.6 is 23.2 Å². The van der Waals surface area contributed by atoms with Crippen LogP contribution in [0, 0.1) is 0 Å². The van der Waals surface area contributed by atoms with Crippen molar-refractivity contribution in [3.63, 3.8) is 0 Å². The minimum absolute atomic E-state index is 0.147. The van der Waals surface area contributed by atoms with Crippen LogP contribution < -0.4 is 4.90 Å². The molecule has 2 rings (SSSR count). The number of nitrogens with one attached hydrogen (secondary N) is 1. The van der Waals surface area contributed by atoms with E-state index in [0.29, 0.717) is 10.0 Å². The molecule has 16 heavy (non-hydrogen) atoms. The summed E-state index contributed by atoms with van der Waals surface area (Å²) in [4.78, 5) is 1.41. The number of hydrogen-bond donors (Lipinski definition) is 2. The fraction of sp³-hybridized carbons (Fsp3) is 0.500. The summed E-state index contributed by atoms with van der Waals surface area (Å²) in [5.41, 5.74) is 1.18. The first-order chi connectivity index (χ1) is 7.65. The zero-order valence-electron chi connectivity index (χ0n) is 9.05. The molecule has 1 saturated heterocycles. The van der Waals surface area contributed by atoms with Crippen molar-refractivity contribution in [3.8, 4) is 0 Å². The van der Waals surface area contributed by atoms with Gasteiger partial charge in [0.1, 0.15) is 19.2 Å². The molecule has 0 aliphatic carbocycles. The van der Waals surface area contributed by atoms with E-state index in [2.05, 4.69) is 0 Å². The second-order valence-electron chi connectivity index (χ2n) is 4.43. The van der Waals surface area contributed by atoms with Gasteiger partial charge in [-0.25, -0.2) is 0 Å². The van der Waals surface area contributed by atoms with Crippen molar-refractivity contribution in [3.05, 3.63) is 33.8 Å². The third-order valence-electron chi connectivity index (χ3n) is 3.03. The van der Waals surface area contributed by atoms with E-state index in [1.165, 1.54) is 10.5 Å². The Balaban J connectivity index is 2.00. The average molecular weight is 261 g/mol. The summed E-state index contributed by atoms with van der Waals surface area (Å²) in [5, 5.41) is 10.8. The Morgan fingerprint density at radius 2 is 2.12 bits per heavy atom. The number of rotatable bonds is 2. The van der Waals surface area contributed by atoms with Crippen LogP contribution in [0.4, 0.5) is 0 Å². The van der Waals surface area contributed by atoms with Crippen LogP contribution in [0.3, 0.4) is 0 Å². The van der Waals surface area contributed by atoms with Gasteiger partial charge in [0, 0.05) is 5.56 Å². The van der Waals surface area contributed by atoms with E-state index in [-0.39, 0.29) is 6.10 Å². The first-order valence-electron chi connectivity index (χ1n) is 5.60. The van der Waals surface area contributed by atoms with Gasteiger partial charge in [0.15, 0.2) is 0 Å². The summed E-state index contributed by atoms with van der Waals surface area (Å²) in [5.74, 6) is 0. The summed E-state index contributed by atoms with van der Waals surface area (Å²) in [6.45, 7) is 2.87. The van der Waals surface area contributed by atoms with Crippen molar-refractivity contribution >= 4 is 23.2 Å². The Bertz CT molecular complexity index is 370. The number of hydrogen-bond acceptors (Lipinski definition) is 1. The topological polar surface area (TPSA) is 24.7 Å². The van der Waals surface area contributed by atoms with Crippen molar-refractivity contribution < 1.29 is 10.0 Å². The highest BCUT2D eigenvalue weighted by atomic mass is 35.5. The lowest BCUT2D eigenvalue weighted by molar-refractivity contribution is -0.921. The van der Waals surface area contributed by atoms with Gasteiger partial charge in [0.25, 0.3) is 0 Å². The largest absolute Gasteiger partial charge is 0.387 e. The van der Waals surface area contributed by atoms with E-state index < -0.39 is 0 Å². The maximum atomic E-state index is 9.59. The molecule has 0 radical (unpaired) electrons. The van der Waals surface area contributed by atoms with E-state index in [1.54, 1.807) is 0 Å². The summed E-state index contributed by atoms with van der Waals surface area (Å²) < 4.78 is 0. The van der Waals surface area contributed by atoms with Gasteiger partial charge in [-0.15, -0.1) is 0 Å². The highest BCUT2D eigenvalue weighted by molar-refractivity contribution is 6.41. The smallest absolute Gasteiger partial charge is 0.104 e. The van der Waals surface area contributed by atoms with Gasteiger partial charge in [-0.05, 0) is 25.0 Å². The summed E-state index contributed by atoms with van der Waals surface area (Å²) in [6.07, 6.45) is 1.88. The number of benzene rings is 1. The normalized spacial score (nSPS) is 25.7. The number of aliphatic hydroxyl groups is 1. The molecule has 1 aliphatic rings. The Labute approximate surface area is 106 Å². The van der Waals surface area contributed by atoms with Gasteiger partial charge in [-0.1, -0.05) is 29.3 Å². The van der Waals surface area contributed by atoms with Crippen molar-refractivity contribution in [2.45, 2.75) is 25.5 Å². The van der Waals surface area contributed by atoms with E-state index in [0.717, 1.165) is 32.5 Å². The van der Waals surface area contributed by atoms with Gasteiger partial charge in [0.05, 0.1) is 16.6 Å². The molecule has 2 nitrogen and oxygen atoms in total. The lowest BCUT2D eigenvalue weighted by Crippen LogP contribution is -3.12. The quantitative estimate of drug-likeness (QED) is 0.829. The lowest BCUT2D eigenvalue weighted by atomic mass is 10.1. The van der Waals surface area contributed by atoms with E-state index in [4.69, 9.17) is 23.2 Å². The fourth-order valence-corrected chi connectivity index (χ4v) is 2.54. The summed E-state index contributed by atoms with van der Waals surface area (Å²) >= 11 is 11.8. The Morgan fingerprint density at radius 3 is 2.81 bits per heavy atom. The lowest BCUT2D eigenvalue weighted by Gasteiger charge is -2.27. The maximum Gasteiger partial charge on any atom is 0.104 e. The molecule has 1 aromatic carbocycles. The van der Waals surface area contributed by atoms with Crippen molar-refractivity contribution in [1.82, 2.24) is 0 Å². The first-order valence-corrected chi connectivity index (χ1v) is 6.36. The van der Waals surface area contributed by atoms with Crippen LogP contribution in [0.2, 0.25) is 10.0 Å². The molecule has 0 aromatic heterocycles. The van der Waals surface area contributed by atoms with Gasteiger partial charge >= 0.3 is 0 Å². The Kier molecular flexibility index (Phi) is 4.09. The minimum Gasteiger partial charge on any atom is -0.387 e. The number of quaternary nitrogens is 1. The van der Waals surface area contributed by atoms with E-state index in [9.17, 15) is 5.11 Å². The van der Waals surface area contributed by atoms with E-state index in [1.807, 2.05) is 18.2 Å². The molecule has 0 bridgehead atoms. The van der Waals surface area contributed by atoms with Crippen molar-refractivity contribution in [2.24, 2.45) is 0 Å². The highest BCUT2D eigenvalue weighted by Gasteiger charge is 2.21. The summed E-state index contributed by atoms with van der Waals surface area (Å²) in [6, 6.07) is 5.75. The molecule has 0 spiro atoms. The zero-order chi connectivity index (χ0) is 11.5. The average Bonchev–Trinajstić information content (AvgIpc) is 2.24. The minimum atomic E-state index is -0.147. The third kappa shape index (κ3) is 3.11. The number of likely N-dealkylation sites (tertiary alicyclic amines) is 1. The van der Waals surface area contributed by atoms with Gasteiger partial charge in [-0.3, -0.25) is 0 Å². The molecular weight excluding hydrogens is 245 g/mol. The number of piperidine rings is 1. The SMILES string of the molecule is O[C@@H]1CCC[NH+](Cc2ccc(Cl)c(Cl)c2)C1.